The topological polar surface area (TPSA) is 152 Å². The molecule has 0 saturated heterocycles. The number of aryl methyl sites for hydroxylation is 1. The molecule has 1 aromatic heterocycles. The van der Waals surface area contributed by atoms with Gasteiger partial charge in [0.05, 0.1) is 21.6 Å². The van der Waals surface area contributed by atoms with Gasteiger partial charge in [0.25, 0.3) is 10.0 Å². The number of aliphatic carboxylic acids is 1. The molecule has 0 saturated carbocycles. The third-order valence-corrected chi connectivity index (χ3v) is 7.18. The highest BCUT2D eigenvalue weighted by Crippen LogP contribution is 2.28. The van der Waals surface area contributed by atoms with Gasteiger partial charge in [-0.2, -0.15) is 0 Å². The summed E-state index contributed by atoms with van der Waals surface area (Å²) in [5, 5.41) is 16.8. The van der Waals surface area contributed by atoms with Gasteiger partial charge >= 0.3 is 5.97 Å². The first kappa shape index (κ1) is 23.8. The zero-order valence-corrected chi connectivity index (χ0v) is 19.6. The van der Waals surface area contributed by atoms with Crippen LogP contribution in [0.15, 0.2) is 77.7 Å². The molecule has 3 aromatic carbocycles. The van der Waals surface area contributed by atoms with Crippen LogP contribution >= 0.6 is 0 Å². The Hall–Kier alpha value is -4.38. The van der Waals surface area contributed by atoms with Crippen molar-refractivity contribution in [3.8, 4) is 5.75 Å². The Morgan fingerprint density at radius 3 is 2.43 bits per heavy atom. The van der Waals surface area contributed by atoms with Crippen LogP contribution in [0.3, 0.4) is 0 Å². The van der Waals surface area contributed by atoms with Gasteiger partial charge in [-0.1, -0.05) is 18.2 Å². The van der Waals surface area contributed by atoms with Crippen molar-refractivity contribution in [2.75, 3.05) is 10.8 Å². The van der Waals surface area contributed by atoms with E-state index in [0.29, 0.717) is 22.7 Å². The number of ether oxygens (including phenoxy) is 1. The van der Waals surface area contributed by atoms with E-state index in [9.17, 15) is 18.3 Å². The summed E-state index contributed by atoms with van der Waals surface area (Å²) in [5.41, 5.74) is 7.47. The summed E-state index contributed by atoms with van der Waals surface area (Å²) in [6, 6.07) is 19.2. The van der Waals surface area contributed by atoms with E-state index in [1.165, 1.54) is 12.1 Å². The molecule has 35 heavy (non-hydrogen) atoms. The van der Waals surface area contributed by atoms with Crippen LogP contribution in [-0.4, -0.2) is 41.4 Å². The van der Waals surface area contributed by atoms with Crippen LogP contribution in [0.25, 0.3) is 11.0 Å². The van der Waals surface area contributed by atoms with Gasteiger partial charge in [0.1, 0.15) is 30.6 Å². The number of carboxylic acids is 1. The Labute approximate surface area is 201 Å². The number of benzene rings is 3. The molecule has 0 atom stereocenters. The van der Waals surface area contributed by atoms with E-state index in [1.807, 2.05) is 11.6 Å². The molecule has 4 N–H and O–H groups in total. The molecule has 0 aliphatic carbocycles. The minimum absolute atomic E-state index is 0.00718. The van der Waals surface area contributed by atoms with Crippen molar-refractivity contribution in [2.45, 2.75) is 11.5 Å². The molecule has 1 heterocycles. The van der Waals surface area contributed by atoms with Crippen LogP contribution in [0.5, 0.6) is 5.75 Å². The number of nitrogens with zero attached hydrogens (tertiary/aromatic N) is 3. The number of hydrogen-bond donors (Lipinski definition) is 3. The van der Waals surface area contributed by atoms with E-state index < -0.39 is 22.5 Å². The lowest BCUT2D eigenvalue weighted by Gasteiger charge is -2.22. The molecule has 10 nitrogen and oxygen atoms in total. The number of carbonyl (C=O) groups is 1. The molecule has 0 bridgehead atoms. The van der Waals surface area contributed by atoms with E-state index in [2.05, 4.69) is 4.98 Å². The second kappa shape index (κ2) is 9.47. The SMILES string of the molecule is Cn1c(COc2ccc(C(=N)N)cc2)nc2cc(N(CC(=O)O)S(=O)(=O)c3ccccc3)ccc21. The Kier molecular flexibility index (Phi) is 6.43. The van der Waals surface area contributed by atoms with Crippen LogP contribution in [0.2, 0.25) is 0 Å². The average Bonchev–Trinajstić information content (AvgIpc) is 3.16. The third kappa shape index (κ3) is 4.94. The Balaban J connectivity index is 1.64. The third-order valence-electron chi connectivity index (χ3n) is 5.39. The lowest BCUT2D eigenvalue weighted by molar-refractivity contribution is -0.135. The number of carboxylic acid groups (broad SMARTS) is 1. The summed E-state index contributed by atoms with van der Waals surface area (Å²) in [5.74, 6) is -0.155. The Morgan fingerprint density at radius 2 is 1.80 bits per heavy atom. The molecule has 0 aliphatic rings. The van der Waals surface area contributed by atoms with Gasteiger partial charge in [-0.15, -0.1) is 0 Å². The molecule has 180 valence electrons. The molecular weight excluding hydrogens is 470 g/mol. The molecule has 0 radical (unpaired) electrons. The fourth-order valence-corrected chi connectivity index (χ4v) is 4.99. The standard InChI is InChI=1S/C24H23N5O5S/c1-28-21-12-9-17(29(14-23(30)31)35(32,33)19-5-3-2-4-6-19)13-20(21)27-22(28)15-34-18-10-7-16(8-11-18)24(25)26/h2-13H,14-15H2,1H3,(H3,25,26)(H,30,31). The van der Waals surface area contributed by atoms with Crippen LogP contribution < -0.4 is 14.8 Å². The summed E-state index contributed by atoms with van der Waals surface area (Å²) in [6.45, 7) is -0.594. The van der Waals surface area contributed by atoms with Crippen molar-refractivity contribution in [2.24, 2.45) is 12.8 Å². The van der Waals surface area contributed by atoms with E-state index in [1.54, 1.807) is 60.7 Å². The number of sulfonamides is 1. The number of fused-ring (bicyclic) bond motifs is 1. The van der Waals surface area contributed by atoms with E-state index in [4.69, 9.17) is 15.9 Å². The number of aromatic nitrogens is 2. The molecule has 11 heteroatoms. The highest BCUT2D eigenvalue weighted by Gasteiger charge is 2.27. The molecule has 0 fully saturated rings. The van der Waals surface area contributed by atoms with Gasteiger partial charge in [-0.25, -0.2) is 13.4 Å². The van der Waals surface area contributed by atoms with Gasteiger partial charge in [0.15, 0.2) is 0 Å². The fraction of sp³-hybridized carbons (Fsp3) is 0.125. The number of nitrogen functional groups attached to an aromatic ring is 1. The summed E-state index contributed by atoms with van der Waals surface area (Å²) in [6.07, 6.45) is 0. The first-order chi connectivity index (χ1) is 16.7. The van der Waals surface area contributed by atoms with Crippen molar-refractivity contribution in [1.29, 1.82) is 5.41 Å². The molecule has 0 spiro atoms. The van der Waals surface area contributed by atoms with Crippen molar-refractivity contribution >= 4 is 38.5 Å². The van der Waals surface area contributed by atoms with E-state index >= 15 is 0 Å². The Morgan fingerprint density at radius 1 is 1.11 bits per heavy atom. The number of amidine groups is 1. The number of imidazole rings is 1. The quantitative estimate of drug-likeness (QED) is 0.239. The highest BCUT2D eigenvalue weighted by molar-refractivity contribution is 7.92. The highest BCUT2D eigenvalue weighted by atomic mass is 32.2. The second-order valence-corrected chi connectivity index (χ2v) is 9.57. The van der Waals surface area contributed by atoms with Crippen LogP contribution in [0.1, 0.15) is 11.4 Å². The number of anilines is 1. The van der Waals surface area contributed by atoms with Crippen LogP contribution in [0, 0.1) is 5.41 Å². The molecule has 4 aromatic rings. The summed E-state index contributed by atoms with van der Waals surface area (Å²) in [7, 11) is -2.30. The molecule has 0 amide bonds. The van der Waals surface area contributed by atoms with E-state index in [-0.39, 0.29) is 23.0 Å². The van der Waals surface area contributed by atoms with Crippen molar-refractivity contribution in [1.82, 2.24) is 9.55 Å². The normalized spacial score (nSPS) is 11.3. The summed E-state index contributed by atoms with van der Waals surface area (Å²) in [4.78, 5) is 16.1. The second-order valence-electron chi connectivity index (χ2n) is 7.71. The van der Waals surface area contributed by atoms with Gasteiger partial charge in [0, 0.05) is 12.6 Å². The molecule has 4 rings (SSSR count). The minimum Gasteiger partial charge on any atom is -0.486 e. The number of hydrogen-bond acceptors (Lipinski definition) is 6. The monoisotopic (exact) mass is 493 g/mol. The Bertz CT molecular complexity index is 1500. The maximum absolute atomic E-state index is 13.2. The lowest BCUT2D eigenvalue weighted by Crippen LogP contribution is -2.35. The maximum Gasteiger partial charge on any atom is 0.324 e. The predicted molar refractivity (Wildman–Crippen MR) is 131 cm³/mol. The first-order valence-electron chi connectivity index (χ1n) is 10.5. The number of nitrogens with one attached hydrogen (secondary N) is 1. The number of nitrogens with two attached hydrogens (primary N) is 1. The zero-order valence-electron chi connectivity index (χ0n) is 18.7. The summed E-state index contributed by atoms with van der Waals surface area (Å²) < 4.78 is 34.9. The maximum atomic E-state index is 13.2. The van der Waals surface area contributed by atoms with Gasteiger partial charge in [0.2, 0.25) is 0 Å². The lowest BCUT2D eigenvalue weighted by atomic mass is 10.2. The van der Waals surface area contributed by atoms with E-state index in [0.717, 1.165) is 9.82 Å². The first-order valence-corrected chi connectivity index (χ1v) is 11.9. The van der Waals surface area contributed by atoms with Gasteiger partial charge < -0.3 is 20.1 Å². The smallest absolute Gasteiger partial charge is 0.324 e. The largest absolute Gasteiger partial charge is 0.486 e. The van der Waals surface area contributed by atoms with Crippen molar-refractivity contribution < 1.29 is 23.1 Å². The fourth-order valence-electron chi connectivity index (χ4n) is 3.56. The van der Waals surface area contributed by atoms with Crippen LogP contribution in [0.4, 0.5) is 5.69 Å². The predicted octanol–water partition coefficient (Wildman–Crippen LogP) is 2.72. The average molecular weight is 494 g/mol. The molecular formula is C24H23N5O5S. The number of rotatable bonds is 9. The van der Waals surface area contributed by atoms with Gasteiger partial charge in [-0.05, 0) is 54.6 Å². The molecule has 0 unspecified atom stereocenters. The summed E-state index contributed by atoms with van der Waals surface area (Å²) >= 11 is 0. The van der Waals surface area contributed by atoms with Crippen molar-refractivity contribution in [3.05, 3.63) is 84.2 Å². The minimum atomic E-state index is -4.11. The zero-order chi connectivity index (χ0) is 25.2. The van der Waals surface area contributed by atoms with Gasteiger partial charge in [-0.3, -0.25) is 14.5 Å². The van der Waals surface area contributed by atoms with Crippen molar-refractivity contribution in [3.63, 3.8) is 0 Å². The van der Waals surface area contributed by atoms with Crippen LogP contribution in [-0.2, 0) is 28.5 Å². The molecule has 0 aliphatic heterocycles.